The Morgan fingerprint density at radius 3 is 1.85 bits per heavy atom. The second-order valence-corrected chi connectivity index (χ2v) is 14.7. The molecule has 0 aromatic heterocycles. The standard InChI is InChI=1S/C29H42O10S2/c1-8-12-37-29-26(38-18-19(3)40(7,30)31)16-21(17-27(29)41(32,33)13-9-2)23-11-10-22(39-23)20-14-24(34-4)28(36-6)25(15-20)35-5/h14-17,19,22-23H,8-13,18H2,1-7H3/t19?,22-,23-/m0/s1. The third-order valence-corrected chi connectivity index (χ3v) is 10.5. The van der Waals surface area contributed by atoms with Gasteiger partial charge in [0.05, 0.1) is 51.1 Å². The summed E-state index contributed by atoms with van der Waals surface area (Å²) in [5.74, 6) is 1.71. The molecule has 1 aliphatic rings. The van der Waals surface area contributed by atoms with Crippen LogP contribution in [0, 0.1) is 0 Å². The van der Waals surface area contributed by atoms with Crippen LogP contribution in [0.4, 0.5) is 0 Å². The summed E-state index contributed by atoms with van der Waals surface area (Å²) in [5.41, 5.74) is 1.45. The van der Waals surface area contributed by atoms with Crippen LogP contribution in [-0.2, 0) is 24.4 Å². The highest BCUT2D eigenvalue weighted by Crippen LogP contribution is 2.48. The predicted octanol–water partition coefficient (Wildman–Crippen LogP) is 5.09. The second kappa shape index (κ2) is 14.0. The number of rotatable bonds is 15. The second-order valence-electron chi connectivity index (χ2n) is 10.1. The van der Waals surface area contributed by atoms with Crippen LogP contribution in [0.15, 0.2) is 29.2 Å². The van der Waals surface area contributed by atoms with Gasteiger partial charge in [-0.25, -0.2) is 16.8 Å². The van der Waals surface area contributed by atoms with E-state index in [1.54, 1.807) is 40.2 Å². The minimum Gasteiger partial charge on any atom is -0.493 e. The molecule has 3 rings (SSSR count). The van der Waals surface area contributed by atoms with Crippen molar-refractivity contribution in [2.24, 2.45) is 0 Å². The van der Waals surface area contributed by atoms with Gasteiger partial charge in [0.25, 0.3) is 0 Å². The maximum Gasteiger partial charge on any atom is 0.203 e. The minimum absolute atomic E-state index is 0.0205. The molecule has 0 bridgehead atoms. The van der Waals surface area contributed by atoms with Crippen molar-refractivity contribution >= 4 is 19.7 Å². The van der Waals surface area contributed by atoms with E-state index in [1.165, 1.54) is 7.11 Å². The van der Waals surface area contributed by atoms with Crippen molar-refractivity contribution < 1.29 is 45.3 Å². The normalized spacial score (nSPS) is 18.1. The molecule has 1 unspecified atom stereocenters. The summed E-state index contributed by atoms with van der Waals surface area (Å²) in [6.07, 6.45) is 2.73. The van der Waals surface area contributed by atoms with Gasteiger partial charge < -0.3 is 28.4 Å². The van der Waals surface area contributed by atoms with E-state index >= 15 is 0 Å². The zero-order valence-electron chi connectivity index (χ0n) is 24.9. The van der Waals surface area contributed by atoms with Crippen LogP contribution < -0.4 is 23.7 Å². The summed E-state index contributed by atoms with van der Waals surface area (Å²) in [7, 11) is -2.47. The summed E-state index contributed by atoms with van der Waals surface area (Å²) >= 11 is 0. The Morgan fingerprint density at radius 2 is 1.37 bits per heavy atom. The van der Waals surface area contributed by atoms with Crippen molar-refractivity contribution in [3.63, 3.8) is 0 Å². The number of hydrogen-bond donors (Lipinski definition) is 0. The Labute approximate surface area is 244 Å². The van der Waals surface area contributed by atoms with Crippen LogP contribution in [0.25, 0.3) is 0 Å². The SMILES string of the molecule is CCCOc1c(OCC(C)S(C)(=O)=O)cc([C@@H]2CC[C@@H](c3cc(OC)c(OC)c(OC)c3)O2)cc1S(=O)(=O)CCC. The van der Waals surface area contributed by atoms with Crippen molar-refractivity contribution in [2.75, 3.05) is 46.6 Å². The Balaban J connectivity index is 2.05. The van der Waals surface area contributed by atoms with E-state index in [1.807, 2.05) is 19.1 Å². The third kappa shape index (κ3) is 7.78. The molecule has 0 aliphatic carbocycles. The molecular formula is C29H42O10S2. The van der Waals surface area contributed by atoms with Gasteiger partial charge in [-0.2, -0.15) is 0 Å². The van der Waals surface area contributed by atoms with E-state index in [0.717, 1.165) is 11.8 Å². The minimum atomic E-state index is -3.73. The first-order valence-electron chi connectivity index (χ1n) is 13.7. The fourth-order valence-electron chi connectivity index (χ4n) is 4.59. The van der Waals surface area contributed by atoms with Crippen LogP contribution in [0.3, 0.4) is 0 Å². The largest absolute Gasteiger partial charge is 0.493 e. The summed E-state index contributed by atoms with van der Waals surface area (Å²) in [6, 6.07) is 6.99. The monoisotopic (exact) mass is 614 g/mol. The lowest BCUT2D eigenvalue weighted by molar-refractivity contribution is 0.0435. The summed E-state index contributed by atoms with van der Waals surface area (Å²) in [5, 5.41) is -0.798. The molecule has 0 radical (unpaired) electrons. The molecule has 0 N–H and O–H groups in total. The van der Waals surface area contributed by atoms with E-state index in [-0.39, 0.29) is 41.5 Å². The van der Waals surface area contributed by atoms with Gasteiger partial charge >= 0.3 is 0 Å². The van der Waals surface area contributed by atoms with E-state index in [4.69, 9.17) is 28.4 Å². The maximum atomic E-state index is 13.4. The first-order chi connectivity index (χ1) is 19.4. The van der Waals surface area contributed by atoms with Gasteiger partial charge in [0.15, 0.2) is 42.7 Å². The fraction of sp³-hybridized carbons (Fsp3) is 0.586. The molecule has 1 heterocycles. The predicted molar refractivity (Wildman–Crippen MR) is 156 cm³/mol. The van der Waals surface area contributed by atoms with E-state index in [9.17, 15) is 16.8 Å². The summed E-state index contributed by atoms with van der Waals surface area (Å²) in [6.45, 7) is 5.37. The maximum absolute atomic E-state index is 13.4. The van der Waals surface area contributed by atoms with Gasteiger partial charge in [-0.1, -0.05) is 13.8 Å². The Hall–Kier alpha value is -2.70. The molecule has 41 heavy (non-hydrogen) atoms. The molecule has 2 aromatic carbocycles. The number of sulfone groups is 2. The van der Waals surface area contributed by atoms with E-state index in [2.05, 4.69) is 0 Å². The van der Waals surface area contributed by atoms with Crippen molar-refractivity contribution in [1.29, 1.82) is 0 Å². The quantitative estimate of drug-likeness (QED) is 0.268. The molecular weight excluding hydrogens is 572 g/mol. The van der Waals surface area contributed by atoms with Crippen molar-refractivity contribution in [1.82, 2.24) is 0 Å². The molecule has 1 aliphatic heterocycles. The average molecular weight is 615 g/mol. The fourth-order valence-corrected chi connectivity index (χ4v) is 6.42. The van der Waals surface area contributed by atoms with Crippen LogP contribution in [0.1, 0.15) is 69.8 Å². The summed E-state index contributed by atoms with van der Waals surface area (Å²) in [4.78, 5) is 0.0205. The first-order valence-corrected chi connectivity index (χ1v) is 17.3. The Bertz CT molecular complexity index is 1380. The topological polar surface area (TPSA) is 124 Å². The molecule has 3 atom stereocenters. The van der Waals surface area contributed by atoms with E-state index in [0.29, 0.717) is 48.5 Å². The first kappa shape index (κ1) is 32.8. The third-order valence-electron chi connectivity index (χ3n) is 6.96. The highest BCUT2D eigenvalue weighted by Gasteiger charge is 2.33. The molecule has 0 saturated carbocycles. The van der Waals surface area contributed by atoms with Crippen LogP contribution in [0.5, 0.6) is 28.7 Å². The van der Waals surface area contributed by atoms with Gasteiger partial charge in [0.1, 0.15) is 11.5 Å². The number of benzene rings is 2. The lowest BCUT2D eigenvalue weighted by Gasteiger charge is -2.22. The Morgan fingerprint density at radius 1 is 0.805 bits per heavy atom. The Kier molecular flexibility index (Phi) is 11.2. The molecule has 0 spiro atoms. The van der Waals surface area contributed by atoms with Gasteiger partial charge in [-0.3, -0.25) is 0 Å². The highest BCUT2D eigenvalue weighted by molar-refractivity contribution is 7.91. The molecule has 2 aromatic rings. The van der Waals surface area contributed by atoms with Gasteiger partial charge in [0.2, 0.25) is 5.75 Å². The zero-order valence-corrected chi connectivity index (χ0v) is 26.5. The molecule has 10 nitrogen and oxygen atoms in total. The van der Waals surface area contributed by atoms with Crippen molar-refractivity contribution in [3.8, 4) is 28.7 Å². The molecule has 1 saturated heterocycles. The lowest BCUT2D eigenvalue weighted by atomic mass is 10.0. The van der Waals surface area contributed by atoms with Crippen LogP contribution in [-0.4, -0.2) is 68.6 Å². The summed E-state index contributed by atoms with van der Waals surface area (Å²) < 4.78 is 85.7. The van der Waals surface area contributed by atoms with Crippen molar-refractivity contribution in [3.05, 3.63) is 35.4 Å². The highest BCUT2D eigenvalue weighted by atomic mass is 32.2. The van der Waals surface area contributed by atoms with Crippen LogP contribution in [0.2, 0.25) is 0 Å². The van der Waals surface area contributed by atoms with Gasteiger partial charge in [0, 0.05) is 6.26 Å². The molecule has 12 heteroatoms. The van der Waals surface area contributed by atoms with Crippen LogP contribution >= 0.6 is 0 Å². The average Bonchev–Trinajstić information content (AvgIpc) is 3.43. The smallest absolute Gasteiger partial charge is 0.203 e. The lowest BCUT2D eigenvalue weighted by Crippen LogP contribution is -2.24. The molecule has 1 fully saturated rings. The van der Waals surface area contributed by atoms with E-state index < -0.39 is 31.0 Å². The van der Waals surface area contributed by atoms with Gasteiger partial charge in [-0.05, 0) is 68.0 Å². The number of methoxy groups -OCH3 is 3. The molecule has 0 amide bonds. The van der Waals surface area contributed by atoms with Crippen molar-refractivity contribution in [2.45, 2.75) is 68.8 Å². The van der Waals surface area contributed by atoms with Gasteiger partial charge in [-0.15, -0.1) is 0 Å². The molecule has 230 valence electrons. The zero-order chi connectivity index (χ0) is 30.4. The number of hydrogen-bond acceptors (Lipinski definition) is 10. The number of ether oxygens (including phenoxy) is 6.